The van der Waals surface area contributed by atoms with Crippen LogP contribution in [0.25, 0.3) is 16.6 Å². The van der Waals surface area contributed by atoms with E-state index in [-0.39, 0.29) is 11.1 Å². The van der Waals surface area contributed by atoms with Gasteiger partial charge in [-0.15, -0.1) is 0 Å². The molecule has 5 rings (SSSR count). The number of fused-ring (bicyclic) bond motifs is 1. The normalized spacial score (nSPS) is 18.4. The predicted molar refractivity (Wildman–Crippen MR) is 110 cm³/mol. The molecule has 2 fully saturated rings. The minimum absolute atomic E-state index is 0.235. The maximum atomic E-state index is 13.1. The lowest BCUT2D eigenvalue weighted by Crippen LogP contribution is -2.31. The summed E-state index contributed by atoms with van der Waals surface area (Å²) in [4.78, 5) is 17.6. The summed E-state index contributed by atoms with van der Waals surface area (Å²) in [5.41, 5.74) is 3.93. The molecule has 1 aromatic heterocycles. The number of hydrogen-bond acceptors (Lipinski definition) is 2. The summed E-state index contributed by atoms with van der Waals surface area (Å²) in [7, 11) is 0. The third-order valence-electron chi connectivity index (χ3n) is 6.29. The minimum Gasteiger partial charge on any atom is -0.259 e. The van der Waals surface area contributed by atoms with E-state index in [0.717, 1.165) is 23.0 Å². The van der Waals surface area contributed by atoms with Gasteiger partial charge in [0.1, 0.15) is 0 Å². The maximum absolute atomic E-state index is 13.1. The van der Waals surface area contributed by atoms with Crippen LogP contribution in [0.5, 0.6) is 0 Å². The summed E-state index contributed by atoms with van der Waals surface area (Å²) in [5, 5.41) is 1.64. The molecule has 0 N–H and O–H groups in total. The molecule has 3 nitrogen and oxygen atoms in total. The van der Waals surface area contributed by atoms with Crippen molar-refractivity contribution in [3.8, 4) is 5.69 Å². The molecule has 3 aromatic rings. The zero-order valence-electron chi connectivity index (χ0n) is 15.5. The highest BCUT2D eigenvalue weighted by atomic mass is 35.5. The first kappa shape index (κ1) is 17.0. The minimum atomic E-state index is -0.235. The van der Waals surface area contributed by atoms with Crippen LogP contribution in [0.3, 0.4) is 0 Å². The van der Waals surface area contributed by atoms with Crippen molar-refractivity contribution < 1.29 is 0 Å². The molecule has 0 saturated heterocycles. The van der Waals surface area contributed by atoms with Crippen LogP contribution < -0.4 is 5.69 Å². The average molecular weight is 379 g/mol. The fourth-order valence-corrected chi connectivity index (χ4v) is 4.56. The smallest absolute Gasteiger partial charge is 0.259 e. The quantitative estimate of drug-likeness (QED) is 0.588. The van der Waals surface area contributed by atoms with Gasteiger partial charge >= 0.3 is 5.69 Å². The molecule has 0 atom stereocenters. The van der Waals surface area contributed by atoms with Crippen LogP contribution in [0.2, 0.25) is 5.02 Å². The van der Waals surface area contributed by atoms with Gasteiger partial charge in [0.05, 0.1) is 21.9 Å². The van der Waals surface area contributed by atoms with Gasteiger partial charge in [0.2, 0.25) is 0 Å². The number of nitrogens with zero attached hydrogens (tertiary/aromatic N) is 2. The summed E-state index contributed by atoms with van der Waals surface area (Å²) < 4.78 is 1.69. The molecule has 138 valence electrons. The van der Waals surface area contributed by atoms with Crippen LogP contribution in [0, 0.1) is 5.41 Å². The Morgan fingerprint density at radius 2 is 1.96 bits per heavy atom. The van der Waals surface area contributed by atoms with Crippen LogP contribution in [0.15, 0.2) is 47.3 Å². The highest BCUT2D eigenvalue weighted by Crippen LogP contribution is 2.44. The van der Waals surface area contributed by atoms with Gasteiger partial charge in [-0.3, -0.25) is 4.57 Å². The summed E-state index contributed by atoms with van der Waals surface area (Å²) in [6.07, 6.45) is 7.03. The molecule has 2 aliphatic carbocycles. The highest BCUT2D eigenvalue weighted by Gasteiger charge is 2.33. The van der Waals surface area contributed by atoms with Crippen molar-refractivity contribution in [1.29, 1.82) is 0 Å². The molecular formula is C23H23ClN2O. The van der Waals surface area contributed by atoms with Gasteiger partial charge in [-0.25, -0.2) is 4.79 Å². The Labute approximate surface area is 164 Å². The Morgan fingerprint density at radius 1 is 1.19 bits per heavy atom. The van der Waals surface area contributed by atoms with Crippen molar-refractivity contribution in [2.45, 2.75) is 51.4 Å². The van der Waals surface area contributed by atoms with E-state index in [4.69, 9.17) is 11.6 Å². The van der Waals surface area contributed by atoms with Gasteiger partial charge in [-0.2, -0.15) is 4.98 Å². The van der Waals surface area contributed by atoms with E-state index in [1.54, 1.807) is 4.57 Å². The molecule has 1 heterocycles. The summed E-state index contributed by atoms with van der Waals surface area (Å²) in [6.45, 7) is 2.31. The average Bonchev–Trinajstić information content (AvgIpc) is 3.46. The summed E-state index contributed by atoms with van der Waals surface area (Å²) in [6, 6.07) is 14.1. The molecule has 2 aromatic carbocycles. The monoisotopic (exact) mass is 378 g/mol. The van der Waals surface area contributed by atoms with E-state index < -0.39 is 0 Å². The first-order valence-electron chi connectivity index (χ1n) is 9.85. The van der Waals surface area contributed by atoms with E-state index in [1.165, 1.54) is 37.7 Å². The van der Waals surface area contributed by atoms with Gasteiger partial charge in [-0.05, 0) is 67.2 Å². The Hall–Kier alpha value is -2.13. The number of hydrogen-bond donors (Lipinski definition) is 0. The van der Waals surface area contributed by atoms with Crippen LogP contribution in [-0.2, 0) is 6.42 Å². The molecule has 27 heavy (non-hydrogen) atoms. The fraction of sp³-hybridized carbons (Fsp3) is 0.391. The van der Waals surface area contributed by atoms with Crippen molar-refractivity contribution in [3.63, 3.8) is 0 Å². The van der Waals surface area contributed by atoms with Gasteiger partial charge in [0, 0.05) is 5.39 Å². The second-order valence-electron chi connectivity index (χ2n) is 8.52. The Kier molecular flexibility index (Phi) is 3.90. The molecule has 4 heteroatoms. The molecule has 0 aliphatic heterocycles. The first-order chi connectivity index (χ1) is 13.0. The molecule has 2 aliphatic rings. The summed E-state index contributed by atoms with van der Waals surface area (Å²) in [5.74, 6) is 0.630. The number of para-hydroxylation sites is 1. The second-order valence-corrected chi connectivity index (χ2v) is 8.93. The lowest BCUT2D eigenvalue weighted by Gasteiger charge is -2.38. The van der Waals surface area contributed by atoms with Crippen molar-refractivity contribution in [2.75, 3.05) is 0 Å². The molecule has 0 radical (unpaired) electrons. The Bertz CT molecular complexity index is 1090. The third-order valence-corrected chi connectivity index (χ3v) is 6.61. The Balaban J connectivity index is 1.76. The molecule has 0 bridgehead atoms. The largest absolute Gasteiger partial charge is 0.352 e. The second kappa shape index (κ2) is 6.20. The number of aromatic nitrogens is 2. The molecular weight excluding hydrogens is 356 g/mol. The van der Waals surface area contributed by atoms with Crippen LogP contribution >= 0.6 is 11.6 Å². The highest BCUT2D eigenvalue weighted by molar-refractivity contribution is 6.32. The number of benzene rings is 2. The van der Waals surface area contributed by atoms with E-state index in [9.17, 15) is 4.79 Å². The summed E-state index contributed by atoms with van der Waals surface area (Å²) >= 11 is 6.44. The first-order valence-corrected chi connectivity index (χ1v) is 10.2. The zero-order valence-corrected chi connectivity index (χ0v) is 16.3. The van der Waals surface area contributed by atoms with Crippen molar-refractivity contribution in [3.05, 3.63) is 69.2 Å². The van der Waals surface area contributed by atoms with Gasteiger partial charge in [-0.1, -0.05) is 49.2 Å². The van der Waals surface area contributed by atoms with Gasteiger partial charge < -0.3 is 0 Å². The van der Waals surface area contributed by atoms with Crippen molar-refractivity contribution in [2.24, 2.45) is 5.41 Å². The third kappa shape index (κ3) is 2.98. The zero-order chi connectivity index (χ0) is 18.6. The molecule has 0 spiro atoms. The van der Waals surface area contributed by atoms with Gasteiger partial charge in [0.25, 0.3) is 0 Å². The lowest BCUT2D eigenvalue weighted by molar-refractivity contribution is 0.160. The van der Waals surface area contributed by atoms with E-state index in [0.29, 0.717) is 16.6 Å². The Morgan fingerprint density at radius 3 is 2.63 bits per heavy atom. The van der Waals surface area contributed by atoms with Crippen LogP contribution in [0.1, 0.15) is 56.2 Å². The van der Waals surface area contributed by atoms with E-state index in [1.807, 2.05) is 24.3 Å². The molecule has 0 unspecified atom stereocenters. The topological polar surface area (TPSA) is 34.9 Å². The number of rotatable bonds is 4. The number of halogens is 1. The van der Waals surface area contributed by atoms with E-state index in [2.05, 4.69) is 30.1 Å². The van der Waals surface area contributed by atoms with Crippen molar-refractivity contribution >= 4 is 22.5 Å². The standard InChI is InChI=1S/C23H23ClN2O/c1-23(11-4-12-23)14-19-17-10-9-16(15-7-8-15)13-21(17)26(22(27)25-19)20-6-3-2-5-18(20)24/h2-3,5-6,9-10,13,15H,4,7-8,11-12,14H2,1H3. The molecule has 0 amide bonds. The maximum Gasteiger partial charge on any atom is 0.352 e. The van der Waals surface area contributed by atoms with Crippen LogP contribution in [-0.4, -0.2) is 9.55 Å². The van der Waals surface area contributed by atoms with Crippen molar-refractivity contribution in [1.82, 2.24) is 9.55 Å². The molecule has 2 saturated carbocycles. The SMILES string of the molecule is CC1(Cc2nc(=O)n(-c3ccccc3Cl)c3cc(C4CC4)ccc23)CCC1. The van der Waals surface area contributed by atoms with E-state index >= 15 is 0 Å². The van der Waals surface area contributed by atoms with Crippen LogP contribution in [0.4, 0.5) is 0 Å². The lowest BCUT2D eigenvalue weighted by atomic mass is 9.67. The van der Waals surface area contributed by atoms with Gasteiger partial charge in [0.15, 0.2) is 0 Å². The predicted octanol–water partition coefficient (Wildman–Crippen LogP) is 5.65. The fourth-order valence-electron chi connectivity index (χ4n) is 4.34.